The molecule has 10 nitrogen and oxygen atoms in total. The molecule has 3 N–H and O–H groups in total. The molecule has 10 heteroatoms. The normalized spacial score (nSPS) is 17.9. The number of para-hydroxylation sites is 1. The van der Waals surface area contributed by atoms with Gasteiger partial charge in [0, 0.05) is 24.6 Å². The first-order valence-corrected chi connectivity index (χ1v) is 9.43. The Bertz CT molecular complexity index is 1220. The van der Waals surface area contributed by atoms with E-state index in [-0.39, 0.29) is 11.6 Å². The number of rotatable bonds is 3. The van der Waals surface area contributed by atoms with E-state index in [1.54, 1.807) is 30.4 Å². The van der Waals surface area contributed by atoms with Gasteiger partial charge >= 0.3 is 0 Å². The van der Waals surface area contributed by atoms with Gasteiger partial charge in [0.25, 0.3) is 5.69 Å². The molecule has 0 fully saturated rings. The Morgan fingerprint density at radius 1 is 1.23 bits per heavy atom. The number of aromatic nitrogens is 2. The van der Waals surface area contributed by atoms with Gasteiger partial charge in [-0.1, -0.05) is 12.1 Å². The number of hydrogen-bond donors (Lipinski definition) is 2. The van der Waals surface area contributed by atoms with Crippen LogP contribution in [-0.4, -0.2) is 33.6 Å². The van der Waals surface area contributed by atoms with Gasteiger partial charge < -0.3 is 15.2 Å². The van der Waals surface area contributed by atoms with E-state index < -0.39 is 11.1 Å². The van der Waals surface area contributed by atoms with E-state index >= 15 is 0 Å². The van der Waals surface area contributed by atoms with Crippen LogP contribution >= 0.6 is 0 Å². The number of ether oxygens (including phenoxy) is 2. The molecule has 0 aliphatic carbocycles. The molecule has 3 aromatic rings. The number of guanidine groups is 1. The fourth-order valence-corrected chi connectivity index (χ4v) is 3.57. The molecule has 30 heavy (non-hydrogen) atoms. The highest BCUT2D eigenvalue weighted by atomic mass is 16.6. The van der Waals surface area contributed by atoms with Crippen molar-refractivity contribution in [2.75, 3.05) is 18.5 Å². The van der Waals surface area contributed by atoms with Crippen molar-refractivity contribution in [2.45, 2.75) is 12.6 Å². The van der Waals surface area contributed by atoms with E-state index in [9.17, 15) is 10.1 Å². The molecule has 3 heterocycles. The molecular formula is C20H18N6O4. The number of anilines is 1. The Morgan fingerprint density at radius 2 is 2.00 bits per heavy atom. The highest BCUT2D eigenvalue weighted by molar-refractivity contribution is 5.95. The minimum atomic E-state index is -0.532. The average molecular weight is 406 g/mol. The molecule has 5 rings (SSSR count). The van der Waals surface area contributed by atoms with Crippen LogP contribution in [0.2, 0.25) is 0 Å². The van der Waals surface area contributed by atoms with Crippen molar-refractivity contribution >= 4 is 34.7 Å². The van der Waals surface area contributed by atoms with E-state index in [4.69, 9.17) is 15.2 Å². The first kappa shape index (κ1) is 18.0. The lowest BCUT2D eigenvalue weighted by molar-refractivity contribution is -0.385. The summed E-state index contributed by atoms with van der Waals surface area (Å²) in [4.78, 5) is 19.9. The van der Waals surface area contributed by atoms with E-state index in [1.165, 1.54) is 6.07 Å². The Kier molecular flexibility index (Phi) is 4.24. The van der Waals surface area contributed by atoms with Crippen molar-refractivity contribution in [1.82, 2.24) is 9.55 Å². The first-order valence-electron chi connectivity index (χ1n) is 9.43. The summed E-state index contributed by atoms with van der Waals surface area (Å²) in [5.41, 5.74) is 7.94. The number of nitrogens with one attached hydrogen (secondary N) is 1. The molecular weight excluding hydrogens is 388 g/mol. The van der Waals surface area contributed by atoms with Crippen molar-refractivity contribution in [1.29, 1.82) is 0 Å². The topological polar surface area (TPSA) is 130 Å². The first-order chi connectivity index (χ1) is 14.6. The number of nitro groups is 1. The standard InChI is InChI=1S/C20H18N6O4/c21-19-23-18(7-6-12-4-1-2-5-14(12)26(27)28)25-15-11-17-16(29-8-3-9-30-17)10-13(15)22-20(25)24-19/h1-2,4-7,10-11,18H,3,8-9H2,(H3,21,22,23,24)/b7-6+. The Hall–Kier alpha value is -4.08. The smallest absolute Gasteiger partial charge is 0.276 e. The van der Waals surface area contributed by atoms with Crippen LogP contribution in [0.4, 0.5) is 11.6 Å². The highest BCUT2D eigenvalue weighted by Gasteiger charge is 2.24. The Balaban J connectivity index is 1.59. The highest BCUT2D eigenvalue weighted by Crippen LogP contribution is 2.38. The largest absolute Gasteiger partial charge is 0.489 e. The number of hydrogen-bond acceptors (Lipinski definition) is 8. The lowest BCUT2D eigenvalue weighted by Gasteiger charge is -2.21. The summed E-state index contributed by atoms with van der Waals surface area (Å²) in [6, 6.07) is 10.2. The Morgan fingerprint density at radius 3 is 2.80 bits per heavy atom. The van der Waals surface area contributed by atoms with Crippen molar-refractivity contribution in [3.8, 4) is 11.5 Å². The van der Waals surface area contributed by atoms with Crippen LogP contribution in [0.25, 0.3) is 17.1 Å². The maximum absolute atomic E-state index is 11.3. The average Bonchev–Trinajstić information content (AvgIpc) is 2.91. The van der Waals surface area contributed by atoms with Gasteiger partial charge in [-0.3, -0.25) is 20.0 Å². The minimum absolute atomic E-state index is 0.0196. The molecule has 0 amide bonds. The molecule has 1 atom stereocenters. The number of aliphatic imine (C=N–C) groups is 1. The van der Waals surface area contributed by atoms with Crippen LogP contribution in [0, 0.1) is 10.1 Å². The zero-order valence-electron chi connectivity index (χ0n) is 15.8. The molecule has 0 saturated carbocycles. The van der Waals surface area contributed by atoms with Gasteiger partial charge in [-0.05, 0) is 18.2 Å². The molecule has 0 bridgehead atoms. The van der Waals surface area contributed by atoms with Gasteiger partial charge in [0.1, 0.15) is 0 Å². The van der Waals surface area contributed by atoms with Crippen LogP contribution in [0.5, 0.6) is 11.5 Å². The van der Waals surface area contributed by atoms with Gasteiger partial charge in [0.2, 0.25) is 5.95 Å². The summed E-state index contributed by atoms with van der Waals surface area (Å²) < 4.78 is 13.4. The molecule has 0 saturated heterocycles. The number of benzene rings is 2. The van der Waals surface area contributed by atoms with E-state index in [2.05, 4.69) is 15.3 Å². The van der Waals surface area contributed by atoms with Gasteiger partial charge in [-0.15, -0.1) is 0 Å². The van der Waals surface area contributed by atoms with E-state index in [0.29, 0.717) is 41.7 Å². The maximum Gasteiger partial charge on any atom is 0.276 e. The summed E-state index contributed by atoms with van der Waals surface area (Å²) in [7, 11) is 0. The molecule has 152 valence electrons. The quantitative estimate of drug-likeness (QED) is 0.505. The molecule has 1 unspecified atom stereocenters. The Labute approximate surface area is 170 Å². The second kappa shape index (κ2) is 7.07. The summed E-state index contributed by atoms with van der Waals surface area (Å²) >= 11 is 0. The molecule has 0 radical (unpaired) electrons. The number of nitro benzene ring substituents is 1. The van der Waals surface area contributed by atoms with E-state index in [0.717, 1.165) is 11.9 Å². The lowest BCUT2D eigenvalue weighted by Crippen LogP contribution is -2.30. The van der Waals surface area contributed by atoms with Gasteiger partial charge in [-0.2, -0.15) is 0 Å². The molecule has 2 aromatic carbocycles. The molecule has 2 aliphatic heterocycles. The third kappa shape index (κ3) is 3.08. The van der Waals surface area contributed by atoms with Crippen molar-refractivity contribution in [2.24, 2.45) is 10.7 Å². The summed E-state index contributed by atoms with van der Waals surface area (Å²) in [5, 5.41) is 14.3. The second-order valence-electron chi connectivity index (χ2n) is 6.87. The van der Waals surface area contributed by atoms with Crippen molar-refractivity contribution in [3.05, 3.63) is 58.2 Å². The minimum Gasteiger partial charge on any atom is -0.489 e. The van der Waals surface area contributed by atoms with Crippen LogP contribution in [0.1, 0.15) is 18.2 Å². The predicted molar refractivity (Wildman–Crippen MR) is 112 cm³/mol. The number of nitrogens with zero attached hydrogens (tertiary/aromatic N) is 4. The summed E-state index contributed by atoms with van der Waals surface area (Å²) in [6.45, 7) is 1.16. The maximum atomic E-state index is 11.3. The number of fused-ring (bicyclic) bond motifs is 4. The third-order valence-electron chi connectivity index (χ3n) is 4.92. The van der Waals surface area contributed by atoms with Crippen LogP contribution < -0.4 is 20.5 Å². The number of imidazole rings is 1. The number of nitrogens with two attached hydrogens (primary N) is 1. The summed E-state index contributed by atoms with van der Waals surface area (Å²) in [5.74, 6) is 2.03. The van der Waals surface area contributed by atoms with Crippen molar-refractivity contribution in [3.63, 3.8) is 0 Å². The van der Waals surface area contributed by atoms with E-state index in [1.807, 2.05) is 16.7 Å². The van der Waals surface area contributed by atoms with Gasteiger partial charge in [-0.25, -0.2) is 9.98 Å². The van der Waals surface area contributed by atoms with Crippen LogP contribution in [0.3, 0.4) is 0 Å². The SMILES string of the molecule is NC1=NC(/C=C/c2ccccc2[N+](=O)[O-])n2c(nc3cc4c(cc32)OCCCO4)N1. The second-order valence-corrected chi connectivity index (χ2v) is 6.87. The lowest BCUT2D eigenvalue weighted by atomic mass is 10.1. The molecule has 1 aromatic heterocycles. The van der Waals surface area contributed by atoms with Crippen LogP contribution in [0.15, 0.2) is 47.5 Å². The monoisotopic (exact) mass is 406 g/mol. The molecule has 0 spiro atoms. The summed E-state index contributed by atoms with van der Waals surface area (Å²) in [6.07, 6.45) is 3.70. The van der Waals surface area contributed by atoms with Gasteiger partial charge in [0.15, 0.2) is 23.6 Å². The zero-order valence-corrected chi connectivity index (χ0v) is 15.8. The van der Waals surface area contributed by atoms with Crippen molar-refractivity contribution < 1.29 is 14.4 Å². The predicted octanol–water partition coefficient (Wildman–Crippen LogP) is 3.06. The third-order valence-corrected chi connectivity index (χ3v) is 4.92. The fraction of sp³-hybridized carbons (Fsp3) is 0.200. The van der Waals surface area contributed by atoms with Gasteiger partial charge in [0.05, 0.1) is 34.7 Å². The molecule has 2 aliphatic rings. The zero-order chi connectivity index (χ0) is 20.7. The fourth-order valence-electron chi connectivity index (χ4n) is 3.57. The van der Waals surface area contributed by atoms with Crippen LogP contribution in [-0.2, 0) is 0 Å².